The largest absolute Gasteiger partial charge is 0.508 e. The number of amides is 7. The second kappa shape index (κ2) is 32.7. The number of aliphatic carboxylic acids is 1. The van der Waals surface area contributed by atoms with Crippen LogP contribution in [0.4, 0.5) is 0 Å². The van der Waals surface area contributed by atoms with Crippen LogP contribution in [-0.2, 0) is 62.0 Å². The summed E-state index contributed by atoms with van der Waals surface area (Å²) in [6, 6.07) is 2.85. The Bertz CT molecular complexity index is 4250. The minimum absolute atomic E-state index is 0.0567. The lowest BCUT2D eigenvalue weighted by atomic mass is 9.86. The van der Waals surface area contributed by atoms with Crippen molar-refractivity contribution in [2.45, 2.75) is 194 Å². The Morgan fingerprint density at radius 1 is 0.651 bits per heavy atom. The lowest BCUT2D eigenvalue weighted by Gasteiger charge is -2.45. The van der Waals surface area contributed by atoms with E-state index in [9.17, 15) is 80.5 Å². The monoisotopic (exact) mass is 1530 g/mol. The maximum Gasteiger partial charge on any atom is 0.330 e. The van der Waals surface area contributed by atoms with Crippen LogP contribution in [0.25, 0.3) is 11.1 Å². The summed E-state index contributed by atoms with van der Waals surface area (Å²) in [5.74, 6) is -15.4. The van der Waals surface area contributed by atoms with Gasteiger partial charge in [-0.25, -0.2) is 4.79 Å². The number of phenols is 3. The summed E-state index contributed by atoms with van der Waals surface area (Å²) >= 11 is 0. The molecule has 37 heteroatoms. The average molecular weight is 1530 g/mol. The Labute approximate surface area is 620 Å². The number of likely N-dealkylation sites (N-methyl/N-ethyl adjacent to an activating group) is 1. The second-order valence-electron chi connectivity index (χ2n) is 28.3. The van der Waals surface area contributed by atoms with E-state index in [0.717, 1.165) is 42.5 Å². The molecule has 0 aromatic heterocycles. The number of ether oxygens (including phenoxy) is 8. The van der Waals surface area contributed by atoms with Gasteiger partial charge >= 0.3 is 5.97 Å². The number of nitrogens with one attached hydrogen (secondary N) is 7. The molecule has 8 heterocycles. The topological polar surface area (TPSA) is 589 Å². The van der Waals surface area contributed by atoms with Crippen LogP contribution < -0.4 is 62.9 Å². The summed E-state index contributed by atoms with van der Waals surface area (Å²) in [6.07, 6.45) is -27.9. The van der Waals surface area contributed by atoms with E-state index in [2.05, 4.69) is 37.2 Å². The fraction of sp³-hybridized carbons (Fsp3) is 0.472. The molecule has 13 rings (SSSR count). The van der Waals surface area contributed by atoms with Crippen LogP contribution >= 0.6 is 0 Å². The molecule has 37 nitrogen and oxygen atoms in total. The summed E-state index contributed by atoms with van der Waals surface area (Å²) in [5.41, 5.74) is 8.43. The number of aromatic hydroxyl groups is 3. The molecular weight excluding hydrogens is 1440 g/mol. The van der Waals surface area contributed by atoms with Crippen molar-refractivity contribution >= 4 is 47.3 Å². The predicted octanol–water partition coefficient (Wildman–Crippen LogP) is -2.35. The number of fused-ring (bicyclic) bond motifs is 15. The Kier molecular flexibility index (Phi) is 24.0. The van der Waals surface area contributed by atoms with Gasteiger partial charge in [0.05, 0.1) is 37.4 Å². The van der Waals surface area contributed by atoms with Crippen molar-refractivity contribution in [1.82, 2.24) is 37.2 Å². The van der Waals surface area contributed by atoms with Gasteiger partial charge in [-0.3, -0.25) is 33.6 Å². The number of hydrogen-bond acceptors (Lipinski definition) is 29. The third kappa shape index (κ3) is 17.1. The van der Waals surface area contributed by atoms with Crippen molar-refractivity contribution in [3.8, 4) is 57.1 Å². The van der Waals surface area contributed by atoms with Crippen molar-refractivity contribution in [3.63, 3.8) is 0 Å². The quantitative estimate of drug-likeness (QED) is 0.0522. The Morgan fingerprint density at radius 3 is 1.87 bits per heavy atom. The third-order valence-electron chi connectivity index (χ3n) is 19.7. The van der Waals surface area contributed by atoms with Gasteiger partial charge in [0.1, 0.15) is 108 Å². The van der Waals surface area contributed by atoms with Gasteiger partial charge in [0.2, 0.25) is 53.4 Å². The summed E-state index contributed by atoms with van der Waals surface area (Å²) in [5, 5.41) is 153. The zero-order chi connectivity index (χ0) is 79.1. The van der Waals surface area contributed by atoms with Crippen LogP contribution in [0.3, 0.4) is 0 Å². The molecule has 3 fully saturated rings. The van der Waals surface area contributed by atoms with Crippen molar-refractivity contribution in [3.05, 3.63) is 119 Å². The van der Waals surface area contributed by atoms with Gasteiger partial charge in [-0.1, -0.05) is 44.2 Å². The highest BCUT2D eigenvalue weighted by atomic mass is 16.8. The van der Waals surface area contributed by atoms with Crippen molar-refractivity contribution in [2.75, 3.05) is 13.7 Å². The van der Waals surface area contributed by atoms with Gasteiger partial charge in [-0.15, -0.1) is 0 Å². The summed E-state index contributed by atoms with van der Waals surface area (Å²) < 4.78 is 50.8. The number of primary amides is 1. The number of carboxylic acid groups (broad SMARTS) is 1. The molecule has 23 N–H and O–H groups in total. The van der Waals surface area contributed by atoms with Crippen LogP contribution in [0.5, 0.6) is 46.0 Å². The Morgan fingerprint density at radius 2 is 1.27 bits per heavy atom. The highest BCUT2D eigenvalue weighted by Crippen LogP contribution is 2.49. The maximum atomic E-state index is 16.3. The Balaban J connectivity index is 1.17. The van der Waals surface area contributed by atoms with Crippen LogP contribution in [0.15, 0.2) is 91.0 Å². The number of benzene rings is 5. The van der Waals surface area contributed by atoms with Gasteiger partial charge in [0.15, 0.2) is 36.2 Å². The molecule has 0 aliphatic carbocycles. The molecule has 0 radical (unpaired) electrons. The summed E-state index contributed by atoms with van der Waals surface area (Å²) in [6.45, 7) is 6.89. The van der Waals surface area contributed by atoms with E-state index < -0.39 is 257 Å². The standard InChI is InChI=1S/C72H87N9O28/c1-26(2)17-38(75-6)63(94)80-51-54(88)29-7-12-34(13-8-29)104-42-19-32-20-43(60(42)108-71-61(57(91)55(89)44(25-82)106-71)109-70-58(92)56(90)53(87)27(3)103-70)105-35-14-9-30(10-15-35)59(107-46-24-72(5,74)62(93)28(4)102-46)52-68(99)79-50(69(100)101)37-21-33(83)22-41(85)47(37)36-18-31(11-16-40(36)84)48(65(96)81-52)78-66(97)49(32)77-64(95)39(23-45(73)86)76-67(51)98/h7-16,18-22,26-28,38-39,44,46,48-59,61-62,70-71,75,82-85,87-93H,17,23-25,74H2,1-6H3,(H2,73,86)(H,76,98)(H,77,95)(H,78,97)(H,79,99)(H,80,94)(H,81,96)(H,100,101)/t27-,28+,38+,39-,44+,46-,48+,49+,50-,51+,52+,53-,54+,55-,56-,57-,58-,59+,61+,62-,70+,71-,72+/m1/s1. The highest BCUT2D eigenvalue weighted by Gasteiger charge is 2.53. The number of aliphatic hydroxyl groups excluding tert-OH is 8. The zero-order valence-corrected chi connectivity index (χ0v) is 59.3. The summed E-state index contributed by atoms with van der Waals surface area (Å²) in [7, 11) is 1.48. The first-order valence-electron chi connectivity index (χ1n) is 34.8. The zero-order valence-electron chi connectivity index (χ0n) is 59.3. The highest BCUT2D eigenvalue weighted by molar-refractivity contribution is 6.00. The molecule has 8 aliphatic heterocycles. The van der Waals surface area contributed by atoms with E-state index in [1.165, 1.54) is 76.3 Å². The molecule has 0 saturated carbocycles. The molecular formula is C72H87N9O28. The molecule has 23 atom stereocenters. The van der Waals surface area contributed by atoms with Crippen LogP contribution in [0.1, 0.15) is 112 Å². The molecule has 11 bridgehead atoms. The number of carboxylic acids is 1. The first-order chi connectivity index (χ1) is 51.5. The predicted molar refractivity (Wildman–Crippen MR) is 370 cm³/mol. The first-order valence-corrected chi connectivity index (χ1v) is 34.8. The van der Waals surface area contributed by atoms with Crippen LogP contribution in [0.2, 0.25) is 0 Å². The third-order valence-corrected chi connectivity index (χ3v) is 19.7. The van der Waals surface area contributed by atoms with E-state index in [0.29, 0.717) is 0 Å². The first kappa shape index (κ1) is 80.1. The Hall–Kier alpha value is -9.94. The van der Waals surface area contributed by atoms with Crippen molar-refractivity contribution in [1.29, 1.82) is 0 Å². The second-order valence-corrected chi connectivity index (χ2v) is 28.3. The molecule has 5 aromatic carbocycles. The molecule has 588 valence electrons. The van der Waals surface area contributed by atoms with E-state index in [1.54, 1.807) is 0 Å². The van der Waals surface area contributed by atoms with Gasteiger partial charge in [-0.05, 0) is 117 Å². The maximum absolute atomic E-state index is 16.3. The number of hydrogen-bond donors (Lipinski definition) is 21. The lowest BCUT2D eigenvalue weighted by Crippen LogP contribution is -2.64. The fourth-order valence-electron chi connectivity index (χ4n) is 13.8. The van der Waals surface area contributed by atoms with E-state index in [-0.39, 0.29) is 46.9 Å². The minimum atomic E-state index is -2.35. The minimum Gasteiger partial charge on any atom is -0.508 e. The molecule has 7 amide bonds. The smallest absolute Gasteiger partial charge is 0.330 e. The van der Waals surface area contributed by atoms with Crippen molar-refractivity contribution < 1.29 is 138 Å². The van der Waals surface area contributed by atoms with Gasteiger partial charge in [0, 0.05) is 34.7 Å². The number of carbonyl (C=O) groups is 8. The molecule has 0 spiro atoms. The van der Waals surface area contributed by atoms with E-state index >= 15 is 19.2 Å². The summed E-state index contributed by atoms with van der Waals surface area (Å²) in [4.78, 5) is 119. The van der Waals surface area contributed by atoms with Crippen LogP contribution in [0, 0.1) is 5.92 Å². The molecule has 3 saturated heterocycles. The number of carbonyl (C=O) groups excluding carboxylic acids is 7. The number of rotatable bonds is 15. The van der Waals surface area contributed by atoms with E-state index in [4.69, 9.17) is 49.4 Å². The van der Waals surface area contributed by atoms with Crippen LogP contribution in [-0.4, -0.2) is 232 Å². The molecule has 109 heavy (non-hydrogen) atoms. The van der Waals surface area contributed by atoms with Gasteiger partial charge < -0.3 is 148 Å². The fourth-order valence-corrected chi connectivity index (χ4v) is 13.8. The van der Waals surface area contributed by atoms with E-state index in [1.807, 2.05) is 13.8 Å². The molecule has 8 aliphatic rings. The molecule has 5 aromatic rings. The van der Waals surface area contributed by atoms with Gasteiger partial charge in [-0.2, -0.15) is 0 Å². The number of phenolic OH excluding ortho intramolecular Hbond substituents is 3. The lowest BCUT2D eigenvalue weighted by molar-refractivity contribution is -0.354. The number of aliphatic hydroxyl groups is 8. The van der Waals surface area contributed by atoms with Crippen molar-refractivity contribution in [2.24, 2.45) is 17.4 Å². The normalized spacial score (nSPS) is 32.4. The SMILES string of the molecule is CN[C@@H](CC(C)C)C(=O)N[C@@H]1C(=O)N[C@H](CC(N)=O)C(=O)N[C@@H]2C(=O)N[C@@H]3C(=O)N[C@H](C(=O)N[C@@H](C(=O)O)c4cc(O)cc(O)c4-c4cc3ccc4O)[C@@H](O[C@@H]3C[C@](C)(N)[C@H](O)[C@H](C)O3)c3ccc(cc3)Oc3cc2cc(c3O[C@H]2O[C@@H](CO)[C@@H](O)[C@@H](O)[C@@H]2O[C@@H]2O[C@H](C)[C@@H](O)[C@@H](O)[C@H]2O)Oc2ccc(cc2)[C@@H]1O. The molecule has 0 unspecified atom stereocenters. The van der Waals surface area contributed by atoms with Gasteiger partial charge in [0.25, 0.3) is 0 Å². The average Bonchev–Trinajstić information content (AvgIpc) is 0.768. The number of nitrogens with two attached hydrogens (primary N) is 2.